The minimum Gasteiger partial charge on any atom is -0.354 e. The molecule has 1 amide bonds. The number of hydrogen-bond acceptors (Lipinski definition) is 4. The van der Waals surface area contributed by atoms with E-state index in [0.29, 0.717) is 5.69 Å². The van der Waals surface area contributed by atoms with Gasteiger partial charge in [0.2, 0.25) is 0 Å². The number of pyridine rings is 1. The number of carbonyl (C=O) groups excluding carboxylic acids is 1. The van der Waals surface area contributed by atoms with Gasteiger partial charge in [-0.3, -0.25) is 9.69 Å². The second-order valence-corrected chi connectivity index (χ2v) is 8.15. The summed E-state index contributed by atoms with van der Waals surface area (Å²) in [7, 11) is 0. The van der Waals surface area contributed by atoms with Crippen LogP contribution in [0.5, 0.6) is 0 Å². The summed E-state index contributed by atoms with van der Waals surface area (Å²) in [6, 6.07) is 16.7. The summed E-state index contributed by atoms with van der Waals surface area (Å²) in [6.07, 6.45) is -3.13. The van der Waals surface area contributed by atoms with Crippen LogP contribution in [0.2, 0.25) is 0 Å². The van der Waals surface area contributed by atoms with Crippen LogP contribution in [-0.2, 0) is 12.7 Å². The number of halogens is 3. The van der Waals surface area contributed by atoms with E-state index in [0.717, 1.165) is 50.7 Å². The first kappa shape index (κ1) is 22.8. The summed E-state index contributed by atoms with van der Waals surface area (Å²) in [5, 5.41) is 2.51. The first-order chi connectivity index (χ1) is 15.8. The van der Waals surface area contributed by atoms with Gasteiger partial charge in [0, 0.05) is 32.7 Å². The lowest BCUT2D eigenvalue weighted by molar-refractivity contribution is -0.137. The molecule has 2 heterocycles. The molecule has 3 aromatic rings. The van der Waals surface area contributed by atoms with Crippen molar-refractivity contribution in [3.8, 4) is 0 Å². The first-order valence-electron chi connectivity index (χ1n) is 10.8. The van der Waals surface area contributed by atoms with E-state index < -0.39 is 23.2 Å². The Kier molecular flexibility index (Phi) is 6.65. The highest BCUT2D eigenvalue weighted by Gasteiger charge is 2.34. The van der Waals surface area contributed by atoms with Crippen molar-refractivity contribution in [3.63, 3.8) is 0 Å². The molecule has 2 aromatic carbocycles. The molecule has 33 heavy (non-hydrogen) atoms. The Morgan fingerprint density at radius 2 is 1.67 bits per heavy atom. The van der Waals surface area contributed by atoms with Crippen LogP contribution in [0.4, 0.5) is 24.7 Å². The van der Waals surface area contributed by atoms with Crippen molar-refractivity contribution in [3.05, 3.63) is 89.1 Å². The van der Waals surface area contributed by atoms with Gasteiger partial charge in [0.15, 0.2) is 0 Å². The number of aryl methyl sites for hydroxylation is 1. The fourth-order valence-corrected chi connectivity index (χ4v) is 3.86. The number of anilines is 2. The van der Waals surface area contributed by atoms with E-state index in [-0.39, 0.29) is 0 Å². The lowest BCUT2D eigenvalue weighted by atomic mass is 10.1. The van der Waals surface area contributed by atoms with Crippen molar-refractivity contribution in [1.29, 1.82) is 0 Å². The molecular weight excluding hydrogens is 429 g/mol. The molecule has 1 aliphatic rings. The molecular formula is C25H25F3N4O. The summed E-state index contributed by atoms with van der Waals surface area (Å²) in [6.45, 7) is 6.44. The number of rotatable bonds is 5. The van der Waals surface area contributed by atoms with Crippen LogP contribution in [0.1, 0.15) is 27.0 Å². The third-order valence-electron chi connectivity index (χ3n) is 5.71. The van der Waals surface area contributed by atoms with Crippen LogP contribution < -0.4 is 10.2 Å². The van der Waals surface area contributed by atoms with Crippen LogP contribution in [0, 0.1) is 6.92 Å². The molecule has 1 saturated heterocycles. The van der Waals surface area contributed by atoms with Crippen LogP contribution >= 0.6 is 0 Å². The van der Waals surface area contributed by atoms with Gasteiger partial charge in [-0.15, -0.1) is 0 Å². The lowest BCUT2D eigenvalue weighted by Crippen LogP contribution is -2.46. The van der Waals surface area contributed by atoms with Crippen LogP contribution in [0.3, 0.4) is 0 Å². The molecule has 1 aliphatic heterocycles. The van der Waals surface area contributed by atoms with Crippen molar-refractivity contribution >= 4 is 17.4 Å². The third-order valence-corrected chi connectivity index (χ3v) is 5.71. The summed E-state index contributed by atoms with van der Waals surface area (Å²) in [4.78, 5) is 21.4. The van der Waals surface area contributed by atoms with Gasteiger partial charge >= 0.3 is 6.18 Å². The molecule has 0 spiro atoms. The molecule has 0 atom stereocenters. The molecule has 0 unspecified atom stereocenters. The highest BCUT2D eigenvalue weighted by molar-refractivity contribution is 6.05. The van der Waals surface area contributed by atoms with Crippen molar-refractivity contribution in [2.45, 2.75) is 19.6 Å². The first-order valence-corrected chi connectivity index (χ1v) is 10.8. The molecule has 0 bridgehead atoms. The van der Waals surface area contributed by atoms with Gasteiger partial charge in [0.05, 0.1) is 23.0 Å². The van der Waals surface area contributed by atoms with E-state index in [2.05, 4.69) is 51.3 Å². The van der Waals surface area contributed by atoms with Crippen LogP contribution in [0.15, 0.2) is 66.9 Å². The molecule has 1 N–H and O–H groups in total. The summed E-state index contributed by atoms with van der Waals surface area (Å²) in [5.41, 5.74) is 1.51. The van der Waals surface area contributed by atoms with E-state index in [1.165, 1.54) is 29.5 Å². The molecule has 5 nitrogen and oxygen atoms in total. The van der Waals surface area contributed by atoms with E-state index in [1.807, 2.05) is 0 Å². The minimum atomic E-state index is -4.60. The van der Waals surface area contributed by atoms with Crippen LogP contribution in [-0.4, -0.2) is 42.0 Å². The summed E-state index contributed by atoms with van der Waals surface area (Å²) < 4.78 is 39.5. The molecule has 0 saturated carbocycles. The zero-order chi connectivity index (χ0) is 23.4. The smallest absolute Gasteiger partial charge is 0.354 e. The van der Waals surface area contributed by atoms with Crippen LogP contribution in [0.25, 0.3) is 0 Å². The molecule has 0 radical (unpaired) electrons. The molecule has 0 aliphatic carbocycles. The van der Waals surface area contributed by atoms with Gasteiger partial charge in [0.1, 0.15) is 5.82 Å². The minimum absolute atomic E-state index is 0.346. The number of benzene rings is 2. The number of alkyl halides is 3. The van der Waals surface area contributed by atoms with E-state index in [4.69, 9.17) is 0 Å². The largest absolute Gasteiger partial charge is 0.417 e. The zero-order valence-corrected chi connectivity index (χ0v) is 18.3. The summed E-state index contributed by atoms with van der Waals surface area (Å²) in [5.74, 6) is -0.0409. The zero-order valence-electron chi connectivity index (χ0n) is 18.3. The number of piperazine rings is 1. The highest BCUT2D eigenvalue weighted by atomic mass is 19.4. The molecule has 4 rings (SSSR count). The Morgan fingerprint density at radius 3 is 2.30 bits per heavy atom. The number of nitrogens with zero attached hydrogens (tertiary/aromatic N) is 3. The maximum absolute atomic E-state index is 13.2. The average Bonchev–Trinajstić information content (AvgIpc) is 2.81. The third kappa shape index (κ3) is 5.70. The predicted octanol–water partition coefficient (Wildman–Crippen LogP) is 4.98. The molecule has 8 heteroatoms. The Morgan fingerprint density at radius 1 is 0.970 bits per heavy atom. The van der Waals surface area contributed by atoms with Crippen molar-refractivity contribution in [2.75, 3.05) is 36.4 Å². The Labute approximate surface area is 190 Å². The van der Waals surface area contributed by atoms with Gasteiger partial charge in [0.25, 0.3) is 5.91 Å². The Balaban J connectivity index is 1.34. The highest BCUT2D eigenvalue weighted by Crippen LogP contribution is 2.32. The van der Waals surface area contributed by atoms with Gasteiger partial charge < -0.3 is 10.2 Å². The van der Waals surface area contributed by atoms with E-state index in [9.17, 15) is 18.0 Å². The Bertz CT molecular complexity index is 1090. The molecule has 1 aromatic heterocycles. The quantitative estimate of drug-likeness (QED) is 0.591. The van der Waals surface area contributed by atoms with Gasteiger partial charge in [-0.05, 0) is 36.8 Å². The maximum atomic E-state index is 13.2. The van der Waals surface area contributed by atoms with Gasteiger partial charge in [-0.25, -0.2) is 4.98 Å². The number of carbonyl (C=O) groups is 1. The van der Waals surface area contributed by atoms with E-state index >= 15 is 0 Å². The second kappa shape index (κ2) is 9.62. The maximum Gasteiger partial charge on any atom is 0.417 e. The second-order valence-electron chi connectivity index (χ2n) is 8.15. The standard InChI is InChI=1S/C25H25F3N4O/c1-18-6-8-19(9-7-18)17-31-12-14-32(15-13-31)23-11-10-20(16-29-23)30-24(33)21-4-2-3-5-22(21)25(26,27)28/h2-11,16H,12-15,17H2,1H3,(H,30,33). The monoisotopic (exact) mass is 454 g/mol. The normalized spacial score (nSPS) is 14.8. The fraction of sp³-hybridized carbons (Fsp3) is 0.280. The molecule has 1 fully saturated rings. The predicted molar refractivity (Wildman–Crippen MR) is 122 cm³/mol. The number of hydrogen-bond donors (Lipinski definition) is 1. The van der Waals surface area contributed by atoms with E-state index in [1.54, 1.807) is 12.1 Å². The topological polar surface area (TPSA) is 48.5 Å². The molecule has 172 valence electrons. The number of nitrogens with one attached hydrogen (secondary N) is 1. The number of amides is 1. The van der Waals surface area contributed by atoms with Gasteiger partial charge in [-0.1, -0.05) is 42.0 Å². The van der Waals surface area contributed by atoms with Crippen molar-refractivity contribution < 1.29 is 18.0 Å². The summed E-state index contributed by atoms with van der Waals surface area (Å²) >= 11 is 0. The lowest BCUT2D eigenvalue weighted by Gasteiger charge is -2.35. The Hall–Kier alpha value is -3.39. The van der Waals surface area contributed by atoms with Crippen molar-refractivity contribution in [1.82, 2.24) is 9.88 Å². The fourth-order valence-electron chi connectivity index (χ4n) is 3.86. The SMILES string of the molecule is Cc1ccc(CN2CCN(c3ccc(NC(=O)c4ccccc4C(F)(F)F)cn3)CC2)cc1. The average molecular weight is 454 g/mol. The number of aromatic nitrogens is 1. The van der Waals surface area contributed by atoms with Gasteiger partial charge in [-0.2, -0.15) is 13.2 Å². The van der Waals surface area contributed by atoms with Crippen molar-refractivity contribution in [2.24, 2.45) is 0 Å².